The maximum Gasteiger partial charge on any atom is 0.250 e. The first kappa shape index (κ1) is 28.1. The molecule has 206 valence electrons. The summed E-state index contributed by atoms with van der Waals surface area (Å²) in [4.78, 5) is 12.6. The van der Waals surface area contributed by atoms with Gasteiger partial charge < -0.3 is 0 Å². The van der Waals surface area contributed by atoms with Crippen LogP contribution in [-0.4, -0.2) is 32.6 Å². The maximum absolute atomic E-state index is 12.6. The first-order chi connectivity index (χ1) is 19.8. The number of carbonyl (C=O) groups excluding carboxylic acids is 1. The zero-order valence-corrected chi connectivity index (χ0v) is 24.5. The Balaban J connectivity index is 1.27. The number of aryl methyl sites for hydroxylation is 1. The minimum absolute atomic E-state index is 0.0611. The van der Waals surface area contributed by atoms with Gasteiger partial charge in [-0.1, -0.05) is 129 Å². The fraction of sp³-hybridized carbons (Fsp3) is 0.176. The van der Waals surface area contributed by atoms with Gasteiger partial charge in [-0.3, -0.25) is 9.36 Å². The van der Waals surface area contributed by atoms with Gasteiger partial charge in [-0.25, -0.2) is 5.43 Å². The number of hydrazone groups is 1. The van der Waals surface area contributed by atoms with Gasteiger partial charge in [0.05, 0.1) is 12.0 Å². The van der Waals surface area contributed by atoms with E-state index >= 15 is 0 Å². The van der Waals surface area contributed by atoms with E-state index in [1.54, 1.807) is 6.21 Å². The molecule has 0 radical (unpaired) electrons. The fourth-order valence-electron chi connectivity index (χ4n) is 4.33. The van der Waals surface area contributed by atoms with Crippen LogP contribution >= 0.6 is 11.8 Å². The smallest absolute Gasteiger partial charge is 0.250 e. The lowest BCUT2D eigenvalue weighted by Gasteiger charge is -2.19. The molecule has 0 saturated carbocycles. The molecule has 0 spiro atoms. The summed E-state index contributed by atoms with van der Waals surface area (Å²) in [6.07, 6.45) is 1.64. The molecule has 41 heavy (non-hydrogen) atoms. The largest absolute Gasteiger partial charge is 0.272 e. The van der Waals surface area contributed by atoms with E-state index in [0.717, 1.165) is 33.8 Å². The van der Waals surface area contributed by atoms with Crippen molar-refractivity contribution in [3.63, 3.8) is 0 Å². The van der Waals surface area contributed by atoms with E-state index in [1.807, 2.05) is 59.2 Å². The Morgan fingerprint density at radius 1 is 0.829 bits per heavy atom. The number of benzene rings is 4. The molecule has 0 aliphatic rings. The molecule has 0 unspecified atom stereocenters. The fourth-order valence-corrected chi connectivity index (χ4v) is 5.07. The van der Waals surface area contributed by atoms with Crippen LogP contribution < -0.4 is 5.43 Å². The highest BCUT2D eigenvalue weighted by Gasteiger charge is 2.19. The standard InChI is InChI=1S/C34H33N5OS/c1-24-10-20-30(21-11-24)39-32(28-16-18-29(19-17-28)34(2,3)4)37-38-33(39)41-23-31(40)36-35-22-25-12-14-27(15-13-25)26-8-6-5-7-9-26/h5-22H,23H2,1-4H3,(H,36,40). The van der Waals surface area contributed by atoms with Crippen molar-refractivity contribution in [3.8, 4) is 28.2 Å². The molecule has 0 aliphatic heterocycles. The van der Waals surface area contributed by atoms with Crippen LogP contribution in [0.1, 0.15) is 37.5 Å². The Hall–Kier alpha value is -4.49. The van der Waals surface area contributed by atoms with E-state index in [0.29, 0.717) is 5.16 Å². The molecule has 6 nitrogen and oxygen atoms in total. The van der Waals surface area contributed by atoms with Gasteiger partial charge in [-0.15, -0.1) is 10.2 Å². The van der Waals surface area contributed by atoms with E-state index in [2.05, 4.69) is 97.0 Å². The van der Waals surface area contributed by atoms with Crippen molar-refractivity contribution in [1.29, 1.82) is 0 Å². The van der Waals surface area contributed by atoms with E-state index in [9.17, 15) is 4.79 Å². The van der Waals surface area contributed by atoms with Gasteiger partial charge in [-0.05, 0) is 46.7 Å². The van der Waals surface area contributed by atoms with E-state index in [4.69, 9.17) is 0 Å². The summed E-state index contributed by atoms with van der Waals surface area (Å²) >= 11 is 1.33. The van der Waals surface area contributed by atoms with E-state index < -0.39 is 0 Å². The molecule has 5 rings (SSSR count). The highest BCUT2D eigenvalue weighted by atomic mass is 32.2. The highest BCUT2D eigenvalue weighted by molar-refractivity contribution is 7.99. The van der Waals surface area contributed by atoms with Gasteiger partial charge in [0.25, 0.3) is 5.91 Å². The lowest BCUT2D eigenvalue weighted by Crippen LogP contribution is -2.20. The van der Waals surface area contributed by atoms with Crippen molar-refractivity contribution < 1.29 is 4.79 Å². The number of aromatic nitrogens is 3. The summed E-state index contributed by atoms with van der Waals surface area (Å²) in [5, 5.41) is 13.8. The highest BCUT2D eigenvalue weighted by Crippen LogP contribution is 2.30. The second kappa shape index (κ2) is 12.4. The van der Waals surface area contributed by atoms with E-state index in [-0.39, 0.29) is 17.1 Å². The van der Waals surface area contributed by atoms with Crippen molar-refractivity contribution in [1.82, 2.24) is 20.2 Å². The lowest BCUT2D eigenvalue weighted by atomic mass is 9.87. The maximum atomic E-state index is 12.6. The minimum Gasteiger partial charge on any atom is -0.272 e. The molecule has 0 saturated heterocycles. The first-order valence-electron chi connectivity index (χ1n) is 13.5. The lowest BCUT2D eigenvalue weighted by molar-refractivity contribution is -0.118. The summed E-state index contributed by atoms with van der Waals surface area (Å²) in [6.45, 7) is 8.65. The summed E-state index contributed by atoms with van der Waals surface area (Å²) in [7, 11) is 0. The van der Waals surface area contributed by atoms with Gasteiger partial charge in [0.15, 0.2) is 11.0 Å². The average molecular weight is 560 g/mol. The zero-order chi connectivity index (χ0) is 28.8. The summed E-state index contributed by atoms with van der Waals surface area (Å²) < 4.78 is 2.00. The Morgan fingerprint density at radius 2 is 1.46 bits per heavy atom. The van der Waals surface area contributed by atoms with Crippen LogP contribution in [0.3, 0.4) is 0 Å². The predicted octanol–water partition coefficient (Wildman–Crippen LogP) is 7.45. The second-order valence-corrected chi connectivity index (χ2v) is 11.8. The molecular weight excluding hydrogens is 526 g/mol. The van der Waals surface area contributed by atoms with Crippen molar-refractivity contribution in [2.75, 3.05) is 5.75 Å². The second-order valence-electron chi connectivity index (χ2n) is 10.9. The van der Waals surface area contributed by atoms with Crippen LogP contribution in [-0.2, 0) is 10.2 Å². The molecule has 1 N–H and O–H groups in total. The molecule has 1 aromatic heterocycles. The summed E-state index contributed by atoms with van der Waals surface area (Å²) in [5.41, 5.74) is 10.2. The van der Waals surface area contributed by atoms with Crippen molar-refractivity contribution >= 4 is 23.9 Å². The third-order valence-corrected chi connectivity index (χ3v) is 7.62. The van der Waals surface area contributed by atoms with Crippen LogP contribution in [0.2, 0.25) is 0 Å². The van der Waals surface area contributed by atoms with Crippen LogP contribution in [0.25, 0.3) is 28.2 Å². The molecule has 0 aliphatic carbocycles. The Kier molecular flexibility index (Phi) is 8.45. The summed E-state index contributed by atoms with van der Waals surface area (Å²) in [6, 6.07) is 34.9. The summed E-state index contributed by atoms with van der Waals surface area (Å²) in [5.74, 6) is 0.660. The number of thioether (sulfide) groups is 1. The Labute approximate surface area is 245 Å². The first-order valence-corrected chi connectivity index (χ1v) is 14.5. The number of hydrogen-bond donors (Lipinski definition) is 1. The molecule has 7 heteroatoms. The van der Waals surface area contributed by atoms with Gasteiger partial charge in [0, 0.05) is 11.3 Å². The Bertz CT molecular complexity index is 1630. The van der Waals surface area contributed by atoms with Gasteiger partial charge in [0.1, 0.15) is 0 Å². The SMILES string of the molecule is Cc1ccc(-n2c(SCC(=O)NN=Cc3ccc(-c4ccccc4)cc3)nnc2-c2ccc(C(C)(C)C)cc2)cc1. The number of nitrogens with one attached hydrogen (secondary N) is 1. The van der Waals surface area contributed by atoms with Crippen LogP contribution in [0.4, 0.5) is 0 Å². The van der Waals surface area contributed by atoms with Gasteiger partial charge in [0.2, 0.25) is 0 Å². The normalized spacial score (nSPS) is 11.6. The predicted molar refractivity (Wildman–Crippen MR) is 169 cm³/mol. The molecule has 0 atom stereocenters. The molecule has 4 aromatic carbocycles. The molecule has 1 heterocycles. The molecule has 1 amide bonds. The molecular formula is C34H33N5OS. The van der Waals surface area contributed by atoms with Gasteiger partial charge in [-0.2, -0.15) is 5.10 Å². The Morgan fingerprint density at radius 3 is 2.12 bits per heavy atom. The number of nitrogens with zero attached hydrogens (tertiary/aromatic N) is 4. The molecule has 0 fully saturated rings. The van der Waals surface area contributed by atoms with E-state index in [1.165, 1.54) is 22.9 Å². The third kappa shape index (κ3) is 6.99. The molecule has 0 bridgehead atoms. The van der Waals surface area contributed by atoms with Crippen LogP contribution in [0, 0.1) is 6.92 Å². The monoisotopic (exact) mass is 559 g/mol. The van der Waals surface area contributed by atoms with Crippen molar-refractivity contribution in [2.45, 2.75) is 38.3 Å². The number of hydrogen-bond acceptors (Lipinski definition) is 5. The average Bonchev–Trinajstić information content (AvgIpc) is 3.41. The van der Waals surface area contributed by atoms with Crippen molar-refractivity contribution in [3.05, 3.63) is 120 Å². The van der Waals surface area contributed by atoms with Crippen LogP contribution in [0.5, 0.6) is 0 Å². The quantitative estimate of drug-likeness (QED) is 0.122. The van der Waals surface area contributed by atoms with Crippen molar-refractivity contribution in [2.24, 2.45) is 5.10 Å². The third-order valence-electron chi connectivity index (χ3n) is 6.69. The minimum atomic E-state index is -0.221. The topological polar surface area (TPSA) is 72.2 Å². The number of amides is 1. The number of rotatable bonds is 8. The number of carbonyl (C=O) groups is 1. The molecule has 5 aromatic rings. The van der Waals surface area contributed by atoms with Crippen LogP contribution in [0.15, 0.2) is 113 Å². The zero-order valence-electron chi connectivity index (χ0n) is 23.7. The van der Waals surface area contributed by atoms with Gasteiger partial charge >= 0.3 is 0 Å².